The molecule has 24 heavy (non-hydrogen) atoms. The van der Waals surface area contributed by atoms with Gasteiger partial charge < -0.3 is 24.1 Å². The first kappa shape index (κ1) is 17.3. The van der Waals surface area contributed by atoms with E-state index < -0.39 is 7.60 Å². The quantitative estimate of drug-likeness (QED) is 0.718. The van der Waals surface area contributed by atoms with Crippen LogP contribution in [0, 0.1) is 0 Å². The highest BCUT2D eigenvalue weighted by Gasteiger charge is 2.35. The highest BCUT2D eigenvalue weighted by Crippen LogP contribution is 2.49. The van der Waals surface area contributed by atoms with Crippen molar-refractivity contribution >= 4 is 24.6 Å². The van der Waals surface area contributed by atoms with Gasteiger partial charge in [-0.05, 0) is 26.7 Å². The van der Waals surface area contributed by atoms with E-state index in [1.165, 1.54) is 6.33 Å². The Balaban J connectivity index is 1.57. The summed E-state index contributed by atoms with van der Waals surface area (Å²) in [6.45, 7) is 4.22. The summed E-state index contributed by atoms with van der Waals surface area (Å²) in [5.74, 6) is 0.375. The van der Waals surface area contributed by atoms with Crippen molar-refractivity contribution in [1.29, 1.82) is 0 Å². The Bertz CT molecular complexity index is 736. The second-order valence-electron chi connectivity index (χ2n) is 5.57. The fraction of sp³-hybridized carbons (Fsp3) is 0.643. The van der Waals surface area contributed by atoms with Crippen molar-refractivity contribution in [3.8, 4) is 0 Å². The van der Waals surface area contributed by atoms with Crippen LogP contribution in [0.5, 0.6) is 0 Å². The van der Waals surface area contributed by atoms with Crippen molar-refractivity contribution in [2.45, 2.75) is 38.8 Å². The van der Waals surface area contributed by atoms with Crippen molar-refractivity contribution in [2.24, 2.45) is 0 Å². The normalized spacial score (nSPS) is 21.1. The summed E-state index contributed by atoms with van der Waals surface area (Å²) in [7, 11) is -3.16. The molecule has 0 radical (unpaired) electrons. The first-order chi connectivity index (χ1) is 11.6. The minimum absolute atomic E-state index is 0.0147. The van der Waals surface area contributed by atoms with Gasteiger partial charge in [-0.15, -0.1) is 0 Å². The summed E-state index contributed by atoms with van der Waals surface area (Å²) >= 11 is 0. The molecule has 0 atom stereocenters. The van der Waals surface area contributed by atoms with E-state index in [1.54, 1.807) is 20.2 Å². The van der Waals surface area contributed by atoms with E-state index in [9.17, 15) is 4.57 Å². The number of anilines is 1. The summed E-state index contributed by atoms with van der Waals surface area (Å²) in [4.78, 5) is 12.5. The Hall–Kier alpha value is -1.54. The van der Waals surface area contributed by atoms with Crippen LogP contribution in [0.1, 0.15) is 32.7 Å². The monoisotopic (exact) mass is 355 g/mol. The zero-order valence-corrected chi connectivity index (χ0v) is 14.7. The summed E-state index contributed by atoms with van der Waals surface area (Å²) in [6.07, 6.45) is 4.72. The Morgan fingerprint density at radius 1 is 1.25 bits per heavy atom. The lowest BCUT2D eigenvalue weighted by molar-refractivity contribution is -0.0123. The van der Waals surface area contributed by atoms with E-state index in [1.807, 2.05) is 4.57 Å². The second-order valence-corrected chi connectivity index (χ2v) is 7.57. The molecule has 132 valence electrons. The molecule has 2 aromatic rings. The predicted molar refractivity (Wildman–Crippen MR) is 88.6 cm³/mol. The Morgan fingerprint density at radius 3 is 2.62 bits per heavy atom. The van der Waals surface area contributed by atoms with Gasteiger partial charge >= 0.3 is 7.60 Å². The van der Waals surface area contributed by atoms with Crippen LogP contribution in [0.2, 0.25) is 0 Å². The average Bonchev–Trinajstić information content (AvgIpc) is 2.91. The van der Waals surface area contributed by atoms with E-state index in [0.29, 0.717) is 24.5 Å². The molecule has 0 bridgehead atoms. The SMILES string of the molecule is CCOP(=O)(COC1CC(n2cnc3c(N)ncnc32)C1)OCC. The molecule has 1 saturated carbocycles. The molecule has 10 heteroatoms. The van der Waals surface area contributed by atoms with Crippen molar-refractivity contribution in [1.82, 2.24) is 19.5 Å². The fourth-order valence-corrected chi connectivity index (χ4v) is 4.14. The molecule has 2 heterocycles. The van der Waals surface area contributed by atoms with Crippen molar-refractivity contribution in [3.05, 3.63) is 12.7 Å². The molecule has 3 rings (SSSR count). The molecule has 0 aliphatic heterocycles. The molecule has 0 amide bonds. The number of nitrogens with two attached hydrogens (primary N) is 1. The van der Waals surface area contributed by atoms with Gasteiger partial charge in [0.15, 0.2) is 11.5 Å². The van der Waals surface area contributed by atoms with Crippen LogP contribution in [-0.4, -0.2) is 45.2 Å². The van der Waals surface area contributed by atoms with Gasteiger partial charge in [-0.2, -0.15) is 0 Å². The van der Waals surface area contributed by atoms with Crippen molar-refractivity contribution < 1.29 is 18.3 Å². The Morgan fingerprint density at radius 2 is 1.96 bits per heavy atom. The van der Waals surface area contributed by atoms with Gasteiger partial charge in [0.25, 0.3) is 0 Å². The summed E-state index contributed by atoms with van der Waals surface area (Å²) in [5, 5.41) is 0. The van der Waals surface area contributed by atoms with Crippen LogP contribution >= 0.6 is 7.60 Å². The van der Waals surface area contributed by atoms with Crippen molar-refractivity contribution in [3.63, 3.8) is 0 Å². The van der Waals surface area contributed by atoms with Crippen LogP contribution in [0.4, 0.5) is 5.82 Å². The first-order valence-corrected chi connectivity index (χ1v) is 9.71. The molecule has 0 unspecified atom stereocenters. The summed E-state index contributed by atoms with van der Waals surface area (Å²) < 4.78 is 30.5. The molecule has 0 aromatic carbocycles. The van der Waals surface area contributed by atoms with Crippen molar-refractivity contribution in [2.75, 3.05) is 25.3 Å². The number of ether oxygens (including phenoxy) is 1. The van der Waals surface area contributed by atoms with Gasteiger partial charge in [0.1, 0.15) is 18.2 Å². The lowest BCUT2D eigenvalue weighted by Gasteiger charge is -2.36. The number of hydrogen-bond donors (Lipinski definition) is 1. The van der Waals surface area contributed by atoms with E-state index in [0.717, 1.165) is 18.5 Å². The average molecular weight is 355 g/mol. The van der Waals surface area contributed by atoms with Gasteiger partial charge in [-0.25, -0.2) is 15.0 Å². The van der Waals surface area contributed by atoms with E-state index in [-0.39, 0.29) is 18.5 Å². The van der Waals surface area contributed by atoms with Gasteiger partial charge in [0, 0.05) is 6.04 Å². The van der Waals surface area contributed by atoms with E-state index in [2.05, 4.69) is 15.0 Å². The van der Waals surface area contributed by atoms with Crippen LogP contribution in [0.15, 0.2) is 12.7 Å². The highest BCUT2D eigenvalue weighted by atomic mass is 31.2. The molecule has 9 nitrogen and oxygen atoms in total. The molecular formula is C14H22N5O4P. The van der Waals surface area contributed by atoms with Crippen LogP contribution < -0.4 is 5.73 Å². The first-order valence-electron chi connectivity index (χ1n) is 7.99. The fourth-order valence-electron chi connectivity index (χ4n) is 2.74. The number of nitrogens with zero attached hydrogens (tertiary/aromatic N) is 4. The lowest BCUT2D eigenvalue weighted by atomic mass is 9.89. The zero-order chi connectivity index (χ0) is 17.2. The maximum absolute atomic E-state index is 12.4. The molecule has 1 fully saturated rings. The molecule has 2 aromatic heterocycles. The summed E-state index contributed by atoms with van der Waals surface area (Å²) in [6, 6.07) is 0.230. The zero-order valence-electron chi connectivity index (χ0n) is 13.8. The van der Waals surface area contributed by atoms with Gasteiger partial charge in [-0.3, -0.25) is 4.57 Å². The van der Waals surface area contributed by atoms with E-state index >= 15 is 0 Å². The molecular weight excluding hydrogens is 333 g/mol. The topological polar surface area (TPSA) is 114 Å². The third kappa shape index (κ3) is 3.44. The lowest BCUT2D eigenvalue weighted by Crippen LogP contribution is -2.33. The molecule has 1 aliphatic rings. The maximum atomic E-state index is 12.4. The van der Waals surface area contributed by atoms with Crippen LogP contribution in [-0.2, 0) is 18.3 Å². The standard InChI is InChI=1S/C14H22N5O4P/c1-3-22-24(20,23-4-2)9-21-11-5-10(6-11)19-8-18-12-13(15)16-7-17-14(12)19/h7-8,10-11H,3-6,9H2,1-2H3,(H2,15,16,17). The largest absolute Gasteiger partial charge is 0.382 e. The summed E-state index contributed by atoms with van der Waals surface area (Å²) in [5.41, 5.74) is 7.13. The highest BCUT2D eigenvalue weighted by molar-refractivity contribution is 7.53. The third-order valence-corrected chi connectivity index (χ3v) is 5.74. The maximum Gasteiger partial charge on any atom is 0.356 e. The third-order valence-electron chi connectivity index (χ3n) is 3.97. The molecule has 2 N–H and O–H groups in total. The molecule has 1 aliphatic carbocycles. The van der Waals surface area contributed by atoms with Crippen LogP contribution in [0.3, 0.4) is 0 Å². The molecule has 0 spiro atoms. The number of imidazole rings is 1. The smallest absolute Gasteiger partial charge is 0.356 e. The minimum Gasteiger partial charge on any atom is -0.382 e. The second kappa shape index (κ2) is 7.14. The van der Waals surface area contributed by atoms with E-state index in [4.69, 9.17) is 19.5 Å². The number of rotatable bonds is 8. The number of fused-ring (bicyclic) bond motifs is 1. The van der Waals surface area contributed by atoms with Gasteiger partial charge in [0.05, 0.1) is 25.6 Å². The predicted octanol–water partition coefficient (Wildman–Crippen LogP) is 2.35. The van der Waals surface area contributed by atoms with Gasteiger partial charge in [0.2, 0.25) is 0 Å². The molecule has 0 saturated heterocycles. The Labute approximate surface area is 140 Å². The number of nitrogen functional groups attached to an aromatic ring is 1. The Kier molecular flexibility index (Phi) is 5.15. The number of aromatic nitrogens is 4. The number of hydrogen-bond acceptors (Lipinski definition) is 8. The van der Waals surface area contributed by atoms with Crippen LogP contribution in [0.25, 0.3) is 11.2 Å². The van der Waals surface area contributed by atoms with Gasteiger partial charge in [-0.1, -0.05) is 0 Å². The minimum atomic E-state index is -3.16.